The second-order valence-corrected chi connectivity index (χ2v) is 5.53. The monoisotopic (exact) mass is 214 g/mol. The van der Waals surface area contributed by atoms with Gasteiger partial charge in [0.1, 0.15) is 5.60 Å². The van der Waals surface area contributed by atoms with E-state index in [-0.39, 0.29) is 11.9 Å². The van der Waals surface area contributed by atoms with Crippen molar-refractivity contribution in [1.82, 2.24) is 5.01 Å². The van der Waals surface area contributed by atoms with Crippen LogP contribution < -0.4 is 5.84 Å². The van der Waals surface area contributed by atoms with Crippen molar-refractivity contribution < 1.29 is 9.53 Å². The van der Waals surface area contributed by atoms with Crippen LogP contribution in [0, 0.1) is 11.8 Å². The number of hydrogen-bond acceptors (Lipinski definition) is 4. The van der Waals surface area contributed by atoms with Crippen molar-refractivity contribution in [2.24, 2.45) is 17.7 Å². The fourth-order valence-corrected chi connectivity index (χ4v) is 1.95. The maximum Gasteiger partial charge on any atom is 0.310 e. The van der Waals surface area contributed by atoms with E-state index in [0.717, 1.165) is 13.0 Å². The van der Waals surface area contributed by atoms with Crippen LogP contribution in [0.25, 0.3) is 0 Å². The van der Waals surface area contributed by atoms with E-state index in [9.17, 15) is 4.79 Å². The summed E-state index contributed by atoms with van der Waals surface area (Å²) < 4.78 is 5.35. The number of ether oxygens (including phenoxy) is 1. The van der Waals surface area contributed by atoms with Crippen molar-refractivity contribution >= 4 is 5.97 Å². The molecule has 0 aromatic heterocycles. The van der Waals surface area contributed by atoms with Crippen LogP contribution in [0.3, 0.4) is 0 Å². The first-order chi connectivity index (χ1) is 6.78. The van der Waals surface area contributed by atoms with Crippen LogP contribution >= 0.6 is 0 Å². The van der Waals surface area contributed by atoms with Gasteiger partial charge in [-0.1, -0.05) is 6.92 Å². The summed E-state index contributed by atoms with van der Waals surface area (Å²) in [7, 11) is 0. The molecule has 4 heteroatoms. The summed E-state index contributed by atoms with van der Waals surface area (Å²) in [6.07, 6.45) is 0.878. The molecule has 0 aliphatic carbocycles. The van der Waals surface area contributed by atoms with E-state index in [1.165, 1.54) is 0 Å². The van der Waals surface area contributed by atoms with Crippen molar-refractivity contribution in [2.45, 2.75) is 39.7 Å². The fraction of sp³-hybridized carbons (Fsp3) is 0.909. The van der Waals surface area contributed by atoms with Gasteiger partial charge in [-0.3, -0.25) is 10.6 Å². The molecular weight excluding hydrogens is 192 g/mol. The van der Waals surface area contributed by atoms with E-state index in [4.69, 9.17) is 10.6 Å². The van der Waals surface area contributed by atoms with Gasteiger partial charge in [-0.2, -0.15) is 0 Å². The summed E-state index contributed by atoms with van der Waals surface area (Å²) in [6, 6.07) is 0. The first kappa shape index (κ1) is 12.5. The summed E-state index contributed by atoms with van der Waals surface area (Å²) in [4.78, 5) is 11.8. The number of rotatable bonds is 1. The molecule has 0 aromatic rings. The molecule has 1 fully saturated rings. The molecule has 0 radical (unpaired) electrons. The van der Waals surface area contributed by atoms with Gasteiger partial charge in [0.2, 0.25) is 0 Å². The normalized spacial score (nSPS) is 28.9. The summed E-state index contributed by atoms with van der Waals surface area (Å²) in [6.45, 7) is 9.24. The Bertz CT molecular complexity index is 225. The van der Waals surface area contributed by atoms with Gasteiger partial charge in [-0.05, 0) is 33.1 Å². The van der Waals surface area contributed by atoms with Gasteiger partial charge in [0.05, 0.1) is 5.92 Å². The van der Waals surface area contributed by atoms with Gasteiger partial charge in [0.15, 0.2) is 0 Å². The van der Waals surface area contributed by atoms with Crippen LogP contribution in [0.15, 0.2) is 0 Å². The van der Waals surface area contributed by atoms with E-state index in [1.807, 2.05) is 20.8 Å². The predicted octanol–water partition coefficient (Wildman–Crippen LogP) is 1.16. The molecule has 15 heavy (non-hydrogen) atoms. The maximum absolute atomic E-state index is 11.8. The van der Waals surface area contributed by atoms with Crippen molar-refractivity contribution in [3.63, 3.8) is 0 Å². The van der Waals surface area contributed by atoms with Gasteiger partial charge in [0, 0.05) is 13.1 Å². The number of nitrogens with zero attached hydrogens (tertiary/aromatic N) is 1. The molecule has 1 rings (SSSR count). The highest BCUT2D eigenvalue weighted by Gasteiger charge is 2.31. The van der Waals surface area contributed by atoms with Gasteiger partial charge in [-0.25, -0.2) is 5.01 Å². The highest BCUT2D eigenvalue weighted by atomic mass is 16.6. The number of hydrazine groups is 1. The lowest BCUT2D eigenvalue weighted by Crippen LogP contribution is -2.47. The molecule has 88 valence electrons. The minimum absolute atomic E-state index is 0.0713. The van der Waals surface area contributed by atoms with Crippen molar-refractivity contribution in [2.75, 3.05) is 13.1 Å². The predicted molar refractivity (Wildman–Crippen MR) is 58.9 cm³/mol. The first-order valence-electron chi connectivity index (χ1n) is 5.50. The second-order valence-electron chi connectivity index (χ2n) is 5.53. The maximum atomic E-state index is 11.8. The largest absolute Gasteiger partial charge is 0.460 e. The van der Waals surface area contributed by atoms with Gasteiger partial charge >= 0.3 is 5.97 Å². The Hall–Kier alpha value is -0.610. The molecular formula is C11H22N2O2. The molecule has 1 aliphatic heterocycles. The fourth-order valence-electron chi connectivity index (χ4n) is 1.95. The summed E-state index contributed by atoms with van der Waals surface area (Å²) >= 11 is 0. The average Bonchev–Trinajstić information content (AvgIpc) is 1.98. The molecule has 2 N–H and O–H groups in total. The highest BCUT2D eigenvalue weighted by molar-refractivity contribution is 5.73. The van der Waals surface area contributed by atoms with Gasteiger partial charge < -0.3 is 4.74 Å². The average molecular weight is 214 g/mol. The van der Waals surface area contributed by atoms with Crippen LogP contribution in [0.4, 0.5) is 0 Å². The first-order valence-corrected chi connectivity index (χ1v) is 5.50. The molecule has 2 atom stereocenters. The molecule has 2 unspecified atom stereocenters. The summed E-state index contributed by atoms with van der Waals surface area (Å²) in [5.74, 6) is 6.01. The Morgan fingerprint density at radius 3 is 2.47 bits per heavy atom. The smallest absolute Gasteiger partial charge is 0.310 e. The van der Waals surface area contributed by atoms with Crippen molar-refractivity contribution in [1.29, 1.82) is 0 Å². The molecule has 0 saturated carbocycles. The summed E-state index contributed by atoms with van der Waals surface area (Å²) in [5, 5.41) is 1.71. The second kappa shape index (κ2) is 4.49. The van der Waals surface area contributed by atoms with Crippen LogP contribution in [-0.2, 0) is 9.53 Å². The lowest BCUT2D eigenvalue weighted by atomic mass is 9.91. The standard InChI is InChI=1S/C11H22N2O2/c1-8-5-9(7-13(12)6-8)10(14)15-11(2,3)4/h8-9H,5-7,12H2,1-4H3. The Balaban J connectivity index is 2.52. The number of esters is 1. The SMILES string of the molecule is CC1CC(C(=O)OC(C)(C)C)CN(N)C1. The third-order valence-corrected chi connectivity index (χ3v) is 2.43. The molecule has 0 amide bonds. The van der Waals surface area contributed by atoms with Crippen LogP contribution in [0.5, 0.6) is 0 Å². The molecule has 0 aromatic carbocycles. The Kier molecular flexibility index (Phi) is 3.73. The minimum atomic E-state index is -0.406. The number of carbonyl (C=O) groups is 1. The van der Waals surface area contributed by atoms with Crippen LogP contribution in [0.2, 0.25) is 0 Å². The third kappa shape index (κ3) is 4.18. The quantitative estimate of drug-likeness (QED) is 0.525. The zero-order chi connectivity index (χ0) is 11.6. The number of piperidine rings is 1. The van der Waals surface area contributed by atoms with Crippen molar-refractivity contribution in [3.8, 4) is 0 Å². The van der Waals surface area contributed by atoms with E-state index in [0.29, 0.717) is 12.5 Å². The van der Waals surface area contributed by atoms with E-state index in [2.05, 4.69) is 6.92 Å². The van der Waals surface area contributed by atoms with Crippen molar-refractivity contribution in [3.05, 3.63) is 0 Å². The molecule has 4 nitrogen and oxygen atoms in total. The molecule has 1 aliphatic rings. The summed E-state index contributed by atoms with van der Waals surface area (Å²) in [5.41, 5.74) is -0.406. The Morgan fingerprint density at radius 1 is 1.40 bits per heavy atom. The Labute approximate surface area is 91.7 Å². The van der Waals surface area contributed by atoms with E-state index >= 15 is 0 Å². The molecule has 1 heterocycles. The van der Waals surface area contributed by atoms with Gasteiger partial charge in [-0.15, -0.1) is 0 Å². The third-order valence-electron chi connectivity index (χ3n) is 2.43. The highest BCUT2D eigenvalue weighted by Crippen LogP contribution is 2.22. The number of hydrogen-bond donors (Lipinski definition) is 1. The molecule has 1 saturated heterocycles. The van der Waals surface area contributed by atoms with E-state index < -0.39 is 5.60 Å². The molecule has 0 bridgehead atoms. The molecule has 0 spiro atoms. The zero-order valence-corrected chi connectivity index (χ0v) is 10.1. The van der Waals surface area contributed by atoms with Crippen LogP contribution in [0.1, 0.15) is 34.1 Å². The van der Waals surface area contributed by atoms with E-state index in [1.54, 1.807) is 5.01 Å². The van der Waals surface area contributed by atoms with Gasteiger partial charge in [0.25, 0.3) is 0 Å². The number of carbonyl (C=O) groups excluding carboxylic acids is 1. The minimum Gasteiger partial charge on any atom is -0.460 e. The zero-order valence-electron chi connectivity index (χ0n) is 10.1. The lowest BCUT2D eigenvalue weighted by Gasteiger charge is -2.33. The number of nitrogens with two attached hydrogens (primary N) is 1. The lowest BCUT2D eigenvalue weighted by molar-refractivity contribution is -0.162. The topological polar surface area (TPSA) is 55.6 Å². The Morgan fingerprint density at radius 2 is 2.00 bits per heavy atom. The van der Waals surface area contributed by atoms with Crippen LogP contribution in [-0.4, -0.2) is 29.7 Å².